The quantitative estimate of drug-likeness (QED) is 0.808. The van der Waals surface area contributed by atoms with Crippen LogP contribution in [0.15, 0.2) is 59.5 Å². The van der Waals surface area contributed by atoms with Crippen molar-refractivity contribution in [2.24, 2.45) is 0 Å². The molecule has 0 saturated carbocycles. The first-order valence-electron chi connectivity index (χ1n) is 6.93. The van der Waals surface area contributed by atoms with Gasteiger partial charge in [0.2, 0.25) is 10.0 Å². The van der Waals surface area contributed by atoms with E-state index >= 15 is 0 Å². The molecule has 1 unspecified atom stereocenters. The molecule has 122 valence electrons. The van der Waals surface area contributed by atoms with Gasteiger partial charge in [-0.1, -0.05) is 24.3 Å². The molecule has 0 saturated heterocycles. The highest BCUT2D eigenvalue weighted by atomic mass is 32.2. The number of carboxylic acids is 1. The van der Waals surface area contributed by atoms with E-state index in [4.69, 9.17) is 9.84 Å². The molecule has 0 aromatic heterocycles. The van der Waals surface area contributed by atoms with E-state index in [1.165, 1.54) is 18.2 Å². The van der Waals surface area contributed by atoms with E-state index in [1.807, 2.05) is 18.2 Å². The highest BCUT2D eigenvalue weighted by Crippen LogP contribution is 2.13. The summed E-state index contributed by atoms with van der Waals surface area (Å²) in [4.78, 5) is 10.8. The largest absolute Gasteiger partial charge is 0.489 e. The van der Waals surface area contributed by atoms with E-state index in [1.54, 1.807) is 19.1 Å². The van der Waals surface area contributed by atoms with Crippen LogP contribution in [-0.4, -0.2) is 32.1 Å². The first kappa shape index (κ1) is 17.0. The van der Waals surface area contributed by atoms with Crippen molar-refractivity contribution in [1.29, 1.82) is 0 Å². The van der Waals surface area contributed by atoms with Crippen LogP contribution in [0.25, 0.3) is 0 Å². The molecule has 0 aliphatic rings. The molecule has 7 heteroatoms. The third-order valence-electron chi connectivity index (χ3n) is 3.03. The van der Waals surface area contributed by atoms with Gasteiger partial charge in [-0.05, 0) is 37.3 Å². The van der Waals surface area contributed by atoms with E-state index in [2.05, 4.69) is 4.72 Å². The van der Waals surface area contributed by atoms with Crippen LogP contribution < -0.4 is 9.46 Å². The Bertz CT molecular complexity index is 774. The van der Waals surface area contributed by atoms with Crippen molar-refractivity contribution in [3.05, 3.63) is 60.2 Å². The van der Waals surface area contributed by atoms with Crippen LogP contribution in [0.5, 0.6) is 5.75 Å². The van der Waals surface area contributed by atoms with Gasteiger partial charge in [0.1, 0.15) is 11.9 Å². The molecule has 0 aliphatic heterocycles. The highest BCUT2D eigenvalue weighted by Gasteiger charge is 2.17. The summed E-state index contributed by atoms with van der Waals surface area (Å²) in [7, 11) is -3.80. The third kappa shape index (κ3) is 4.80. The molecule has 2 aromatic rings. The predicted molar refractivity (Wildman–Crippen MR) is 85.1 cm³/mol. The second kappa shape index (κ2) is 7.26. The van der Waals surface area contributed by atoms with E-state index in [0.717, 1.165) is 6.07 Å². The molecule has 2 aromatic carbocycles. The molecular weight excluding hydrogens is 318 g/mol. The number of para-hydroxylation sites is 1. The van der Waals surface area contributed by atoms with Crippen molar-refractivity contribution in [3.63, 3.8) is 0 Å². The minimum Gasteiger partial charge on any atom is -0.489 e. The number of benzene rings is 2. The van der Waals surface area contributed by atoms with Gasteiger partial charge in [-0.25, -0.2) is 17.9 Å². The maximum Gasteiger partial charge on any atom is 0.335 e. The summed E-state index contributed by atoms with van der Waals surface area (Å²) in [6, 6.07) is 14.3. The predicted octanol–water partition coefficient (Wildman–Crippen LogP) is 2.13. The Balaban J connectivity index is 2.01. The molecule has 6 nitrogen and oxygen atoms in total. The lowest BCUT2D eigenvalue weighted by Crippen LogP contribution is -2.33. The molecular formula is C16H17NO5S. The fourth-order valence-electron chi connectivity index (χ4n) is 1.88. The summed E-state index contributed by atoms with van der Waals surface area (Å²) in [5.74, 6) is -0.532. The van der Waals surface area contributed by atoms with Gasteiger partial charge < -0.3 is 9.84 Å². The van der Waals surface area contributed by atoms with Crippen molar-refractivity contribution >= 4 is 16.0 Å². The number of nitrogens with one attached hydrogen (secondary N) is 1. The van der Waals surface area contributed by atoms with Gasteiger partial charge in [-0.2, -0.15) is 0 Å². The number of hydrogen-bond donors (Lipinski definition) is 2. The second-order valence-electron chi connectivity index (χ2n) is 4.93. The molecule has 0 fully saturated rings. The smallest absolute Gasteiger partial charge is 0.335 e. The lowest BCUT2D eigenvalue weighted by molar-refractivity contribution is 0.0696. The van der Waals surface area contributed by atoms with Gasteiger partial charge in [0.25, 0.3) is 0 Å². The maximum absolute atomic E-state index is 12.2. The summed E-state index contributed by atoms with van der Waals surface area (Å²) in [6.07, 6.45) is -0.380. The minimum atomic E-state index is -3.80. The Morgan fingerprint density at radius 3 is 2.52 bits per heavy atom. The second-order valence-corrected chi connectivity index (χ2v) is 6.69. The zero-order chi connectivity index (χ0) is 16.9. The summed E-state index contributed by atoms with van der Waals surface area (Å²) >= 11 is 0. The molecule has 0 amide bonds. The Hall–Kier alpha value is -2.38. The standard InChI is InChI=1S/C16H17NO5S/c1-12(22-14-7-3-2-4-8-14)11-17-23(20,21)15-9-5-6-13(10-15)16(18)19/h2-10,12,17H,11H2,1H3,(H,18,19). The average Bonchev–Trinajstić information content (AvgIpc) is 2.54. The van der Waals surface area contributed by atoms with E-state index in [0.29, 0.717) is 5.75 Å². The summed E-state index contributed by atoms with van der Waals surface area (Å²) in [5.41, 5.74) is -0.0820. The van der Waals surface area contributed by atoms with Gasteiger partial charge in [0.05, 0.1) is 10.5 Å². The Labute approximate surface area is 134 Å². The Morgan fingerprint density at radius 2 is 1.87 bits per heavy atom. The number of hydrogen-bond acceptors (Lipinski definition) is 4. The van der Waals surface area contributed by atoms with Gasteiger partial charge in [0.15, 0.2) is 0 Å². The summed E-state index contributed by atoms with van der Waals surface area (Å²) in [6.45, 7) is 1.80. The maximum atomic E-state index is 12.2. The van der Waals surface area contributed by atoms with E-state index in [9.17, 15) is 13.2 Å². The molecule has 0 bridgehead atoms. The molecule has 2 N–H and O–H groups in total. The topological polar surface area (TPSA) is 92.7 Å². The molecule has 0 aliphatic carbocycles. The molecule has 2 rings (SSSR count). The normalized spacial score (nSPS) is 12.6. The fourth-order valence-corrected chi connectivity index (χ4v) is 3.04. The van der Waals surface area contributed by atoms with Crippen molar-refractivity contribution in [3.8, 4) is 5.75 Å². The van der Waals surface area contributed by atoms with Crippen molar-refractivity contribution < 1.29 is 23.1 Å². The lowest BCUT2D eigenvalue weighted by atomic mass is 10.2. The molecule has 0 radical (unpaired) electrons. The fraction of sp³-hybridized carbons (Fsp3) is 0.188. The highest BCUT2D eigenvalue weighted by molar-refractivity contribution is 7.89. The van der Waals surface area contributed by atoms with Gasteiger partial charge >= 0.3 is 5.97 Å². The van der Waals surface area contributed by atoms with Crippen LogP contribution in [0.4, 0.5) is 0 Å². The van der Waals surface area contributed by atoms with Crippen molar-refractivity contribution in [2.75, 3.05) is 6.54 Å². The zero-order valence-corrected chi connectivity index (χ0v) is 13.3. The molecule has 0 spiro atoms. The van der Waals surface area contributed by atoms with Gasteiger partial charge in [0, 0.05) is 6.54 Å². The Morgan fingerprint density at radius 1 is 1.17 bits per heavy atom. The number of carboxylic acid groups (broad SMARTS) is 1. The number of rotatable bonds is 7. The van der Waals surface area contributed by atoms with Crippen LogP contribution in [0.2, 0.25) is 0 Å². The summed E-state index contributed by atoms with van der Waals surface area (Å²) in [5, 5.41) is 8.92. The lowest BCUT2D eigenvalue weighted by Gasteiger charge is -2.15. The first-order valence-corrected chi connectivity index (χ1v) is 8.41. The van der Waals surface area contributed by atoms with Crippen LogP contribution >= 0.6 is 0 Å². The minimum absolute atomic E-state index is 0.0640. The third-order valence-corrected chi connectivity index (χ3v) is 4.45. The number of aromatic carboxylic acids is 1. The van der Waals surface area contributed by atoms with Gasteiger partial charge in [-0.15, -0.1) is 0 Å². The molecule has 0 heterocycles. The Kier molecular flexibility index (Phi) is 5.36. The number of ether oxygens (including phenoxy) is 1. The monoisotopic (exact) mass is 335 g/mol. The van der Waals surface area contributed by atoms with E-state index < -0.39 is 16.0 Å². The van der Waals surface area contributed by atoms with Crippen LogP contribution in [0.3, 0.4) is 0 Å². The van der Waals surface area contributed by atoms with Crippen molar-refractivity contribution in [2.45, 2.75) is 17.9 Å². The number of sulfonamides is 1. The van der Waals surface area contributed by atoms with Crippen LogP contribution in [0, 0.1) is 0 Å². The van der Waals surface area contributed by atoms with Crippen molar-refractivity contribution in [1.82, 2.24) is 4.72 Å². The number of carbonyl (C=O) groups is 1. The van der Waals surface area contributed by atoms with Gasteiger partial charge in [-0.3, -0.25) is 0 Å². The summed E-state index contributed by atoms with van der Waals surface area (Å²) < 4.78 is 32.4. The molecule has 23 heavy (non-hydrogen) atoms. The van der Waals surface area contributed by atoms with Crippen LogP contribution in [-0.2, 0) is 10.0 Å². The first-order chi connectivity index (χ1) is 10.9. The van der Waals surface area contributed by atoms with Crippen LogP contribution in [0.1, 0.15) is 17.3 Å². The SMILES string of the molecule is CC(CNS(=O)(=O)c1cccc(C(=O)O)c1)Oc1ccccc1. The van der Waals surface area contributed by atoms with E-state index in [-0.39, 0.29) is 23.1 Å². The molecule has 1 atom stereocenters. The average molecular weight is 335 g/mol. The zero-order valence-electron chi connectivity index (χ0n) is 12.5.